The van der Waals surface area contributed by atoms with Gasteiger partial charge in [-0.1, -0.05) is 6.58 Å². The number of hydrogen-bond acceptors (Lipinski definition) is 4. The Hall–Kier alpha value is -0.363. The first kappa shape index (κ1) is 12.6. The van der Waals surface area contributed by atoms with Crippen LogP contribution in [0.3, 0.4) is 0 Å². The Morgan fingerprint density at radius 3 is 1.85 bits per heavy atom. The molecule has 0 N–H and O–H groups in total. The molecular weight excluding hydrogens is 188 g/mol. The molecule has 0 aliphatic rings. The second-order valence-corrected chi connectivity index (χ2v) is 4.10. The monoisotopic (exact) mass is 206 g/mol. The van der Waals surface area contributed by atoms with Gasteiger partial charge < -0.3 is 18.9 Å². The lowest BCUT2D eigenvalue weighted by Gasteiger charge is -2.41. The molecule has 0 bridgehead atoms. The predicted molar refractivity (Wildman–Crippen MR) is 53.4 cm³/mol. The van der Waals surface area contributed by atoms with E-state index in [0.717, 1.165) is 0 Å². The van der Waals surface area contributed by atoms with Gasteiger partial charge in [-0.25, -0.2) is 0 Å². The van der Waals surface area contributed by atoms with Gasteiger partial charge in [0.25, 0.3) is 0 Å². The minimum absolute atomic E-state index is 0.590. The predicted octanol–water partition coefficient (Wildman–Crippen LogP) is -0.179. The van der Waals surface area contributed by atoms with E-state index in [9.17, 15) is 0 Å². The van der Waals surface area contributed by atoms with Crippen LogP contribution in [0.15, 0.2) is 12.8 Å². The highest BCUT2D eigenvalue weighted by molar-refractivity contribution is 6.14. The molecule has 0 aromatic heterocycles. The van der Waals surface area contributed by atoms with Crippen molar-refractivity contribution in [1.29, 1.82) is 0 Å². The van der Waals surface area contributed by atoms with E-state index in [4.69, 9.17) is 18.9 Å². The van der Waals surface area contributed by atoms with Gasteiger partial charge in [-0.3, -0.25) is 0 Å². The third-order valence-electron chi connectivity index (χ3n) is 2.30. The zero-order chi connectivity index (χ0) is 10.5. The van der Waals surface area contributed by atoms with Gasteiger partial charge in [-0.05, 0) is 6.92 Å². The Bertz CT molecular complexity index is 170. The highest BCUT2D eigenvalue weighted by Gasteiger charge is 2.47. The van der Waals surface area contributed by atoms with Gasteiger partial charge in [-0.15, -0.1) is 0 Å². The maximum absolute atomic E-state index is 5.28. The lowest BCUT2D eigenvalue weighted by atomic mass is 10.3. The summed E-state index contributed by atoms with van der Waals surface area (Å²) < 4.78 is 20.9. The quantitative estimate of drug-likeness (QED) is 0.343. The van der Waals surface area contributed by atoms with Crippen LogP contribution in [0, 0.1) is 0 Å². The summed E-state index contributed by atoms with van der Waals surface area (Å²) in [5, 5.41) is 0. The molecule has 0 saturated carbocycles. The van der Waals surface area contributed by atoms with E-state index < -0.39 is 11.2 Å². The van der Waals surface area contributed by atoms with Gasteiger partial charge in [-0.2, -0.15) is 0 Å². The van der Waals surface area contributed by atoms with E-state index in [1.807, 2.05) is 0 Å². The van der Waals surface area contributed by atoms with Crippen LogP contribution in [0.4, 0.5) is 0 Å². The molecule has 0 radical (unpaired) electrons. The van der Waals surface area contributed by atoms with Crippen molar-refractivity contribution in [3.8, 4) is 0 Å². The van der Waals surface area contributed by atoms with Gasteiger partial charge in [0, 0.05) is 21.3 Å². The lowest BCUT2D eigenvalue weighted by Crippen LogP contribution is -2.57. The van der Waals surface area contributed by atoms with Gasteiger partial charge in [0.15, 0.2) is 0 Å². The van der Waals surface area contributed by atoms with E-state index >= 15 is 0 Å². The molecule has 13 heavy (non-hydrogen) atoms. The average molecular weight is 206 g/mol. The van der Waals surface area contributed by atoms with Crippen LogP contribution in [0.2, 0.25) is 0 Å². The smallest absolute Gasteiger partial charge is 0.231 e. The second-order valence-electron chi connectivity index (χ2n) is 2.79. The second kappa shape index (κ2) is 4.76. The first-order chi connectivity index (χ1) is 5.99. The van der Waals surface area contributed by atoms with E-state index in [1.165, 1.54) is 6.26 Å². The summed E-state index contributed by atoms with van der Waals surface area (Å²) >= 11 is 0. The maximum Gasteiger partial charge on any atom is 0.231 e. The normalized spacial score (nSPS) is 16.6. The first-order valence-electron chi connectivity index (χ1n) is 3.94. The maximum atomic E-state index is 5.28. The summed E-state index contributed by atoms with van der Waals surface area (Å²) in [5.41, 5.74) is -0.877. The molecular formula is C8H18O4Si. The molecule has 0 rings (SSSR count). The van der Waals surface area contributed by atoms with Crippen LogP contribution in [0.5, 0.6) is 0 Å². The molecule has 0 fully saturated rings. The van der Waals surface area contributed by atoms with Crippen LogP contribution in [-0.4, -0.2) is 42.8 Å². The number of rotatable bonds is 6. The molecule has 0 aliphatic heterocycles. The lowest BCUT2D eigenvalue weighted by molar-refractivity contribution is -0.334. The van der Waals surface area contributed by atoms with Crippen molar-refractivity contribution in [2.24, 2.45) is 0 Å². The van der Waals surface area contributed by atoms with E-state index in [1.54, 1.807) is 28.3 Å². The Kier molecular flexibility index (Phi) is 4.62. The zero-order valence-electron chi connectivity index (χ0n) is 8.92. The van der Waals surface area contributed by atoms with Gasteiger partial charge >= 0.3 is 0 Å². The summed E-state index contributed by atoms with van der Waals surface area (Å²) in [6.07, 6.45) is 1.33. The third kappa shape index (κ3) is 2.31. The van der Waals surface area contributed by atoms with Crippen LogP contribution in [0.1, 0.15) is 6.92 Å². The first-order valence-corrected chi connectivity index (χ1v) is 4.94. The van der Waals surface area contributed by atoms with Crippen LogP contribution >= 0.6 is 0 Å². The van der Waals surface area contributed by atoms with Crippen molar-refractivity contribution in [1.82, 2.24) is 0 Å². The minimum atomic E-state index is -0.915. The number of methoxy groups -OCH3 is 3. The molecule has 4 nitrogen and oxygen atoms in total. The van der Waals surface area contributed by atoms with Crippen molar-refractivity contribution in [2.45, 2.75) is 18.1 Å². The Morgan fingerprint density at radius 1 is 1.15 bits per heavy atom. The van der Waals surface area contributed by atoms with Gasteiger partial charge in [0.05, 0.1) is 6.26 Å². The summed E-state index contributed by atoms with van der Waals surface area (Å²) in [7, 11) is 5.23. The topological polar surface area (TPSA) is 36.9 Å². The summed E-state index contributed by atoms with van der Waals surface area (Å²) in [5.74, 6) is -0.915. The fourth-order valence-electron chi connectivity index (χ4n) is 0.954. The molecule has 0 aromatic rings. The van der Waals surface area contributed by atoms with Crippen LogP contribution in [0.25, 0.3) is 0 Å². The molecule has 0 saturated heterocycles. The molecule has 0 heterocycles. The summed E-state index contributed by atoms with van der Waals surface area (Å²) in [6.45, 7) is 5.24. The Morgan fingerprint density at radius 2 is 1.62 bits per heavy atom. The van der Waals surface area contributed by atoms with Crippen molar-refractivity contribution in [3.63, 3.8) is 0 Å². The van der Waals surface area contributed by atoms with Crippen molar-refractivity contribution >= 4 is 10.2 Å². The standard InChI is InChI=1S/C8H18O4Si/c1-6-12-8(13,11-5)7(2,9-3)10-4/h6H,1H2,2-5,13H3. The fraction of sp³-hybridized carbons (Fsp3) is 0.750. The number of ether oxygens (including phenoxy) is 4. The fourth-order valence-corrected chi connectivity index (χ4v) is 1.53. The summed E-state index contributed by atoms with van der Waals surface area (Å²) in [4.78, 5) is 0. The molecule has 0 aliphatic carbocycles. The number of hydrogen-bond donors (Lipinski definition) is 0. The van der Waals surface area contributed by atoms with Crippen LogP contribution < -0.4 is 0 Å². The molecule has 0 aromatic carbocycles. The Balaban J connectivity index is 4.78. The van der Waals surface area contributed by atoms with E-state index in [-0.39, 0.29) is 0 Å². The Labute approximate surface area is 82.2 Å². The molecule has 78 valence electrons. The van der Waals surface area contributed by atoms with Gasteiger partial charge in [0.2, 0.25) is 11.2 Å². The molecule has 1 atom stereocenters. The van der Waals surface area contributed by atoms with Crippen molar-refractivity contribution in [3.05, 3.63) is 12.8 Å². The SMILES string of the molecule is C=COC([SiH3])(OC)C(C)(OC)OC. The van der Waals surface area contributed by atoms with E-state index in [0.29, 0.717) is 10.2 Å². The van der Waals surface area contributed by atoms with Crippen LogP contribution in [-0.2, 0) is 18.9 Å². The zero-order valence-corrected chi connectivity index (χ0v) is 10.9. The molecule has 1 unspecified atom stereocenters. The molecule has 0 amide bonds. The molecule has 0 spiro atoms. The average Bonchev–Trinajstić information content (AvgIpc) is 2.16. The van der Waals surface area contributed by atoms with E-state index in [2.05, 4.69) is 6.58 Å². The van der Waals surface area contributed by atoms with Crippen molar-refractivity contribution in [2.75, 3.05) is 21.3 Å². The molecule has 5 heteroatoms. The largest absolute Gasteiger partial charge is 0.470 e. The van der Waals surface area contributed by atoms with Gasteiger partial charge in [0.1, 0.15) is 10.2 Å². The third-order valence-corrected chi connectivity index (χ3v) is 3.85. The van der Waals surface area contributed by atoms with Crippen molar-refractivity contribution < 1.29 is 18.9 Å². The highest BCUT2D eigenvalue weighted by atomic mass is 28.1. The highest BCUT2D eigenvalue weighted by Crippen LogP contribution is 2.28. The summed E-state index contributed by atoms with van der Waals surface area (Å²) in [6, 6.07) is 0. The minimum Gasteiger partial charge on any atom is -0.470 e.